The molecule has 0 aliphatic rings. The lowest BCUT2D eigenvalue weighted by atomic mass is 10.2. The lowest BCUT2D eigenvalue weighted by Gasteiger charge is -2.26. The number of aliphatic hydroxyl groups excluding tert-OH is 1. The smallest absolute Gasteiger partial charge is 0.392 e. The third kappa shape index (κ3) is 4.38. The normalized spacial score (nSPS) is 11.7. The molecule has 0 saturated heterocycles. The third-order valence-electron chi connectivity index (χ3n) is 2.40. The minimum atomic E-state index is -4.27. The van der Waals surface area contributed by atoms with Gasteiger partial charge >= 0.3 is 6.18 Å². The maximum absolute atomic E-state index is 12.5. The van der Waals surface area contributed by atoms with Gasteiger partial charge in [-0.25, -0.2) is 0 Å². The molecule has 1 aromatic rings. The molecule has 1 rings (SSSR count). The highest BCUT2D eigenvalue weighted by molar-refractivity contribution is 6.33. The van der Waals surface area contributed by atoms with Crippen LogP contribution < -0.4 is 4.90 Å². The number of aliphatic hydroxyl groups is 1. The molecule has 6 heteroatoms. The Bertz CT molecular complexity index is 395. The SMILES string of the molecule is CCCN(CC(F)(F)F)c1ccc(CO)cc1Cl. The Hall–Kier alpha value is -0.940. The largest absolute Gasteiger partial charge is 0.405 e. The summed E-state index contributed by atoms with van der Waals surface area (Å²) in [6.07, 6.45) is -3.68. The molecule has 0 fully saturated rings. The van der Waals surface area contributed by atoms with E-state index in [1.54, 1.807) is 13.0 Å². The highest BCUT2D eigenvalue weighted by atomic mass is 35.5. The summed E-state index contributed by atoms with van der Waals surface area (Å²) in [7, 11) is 0. The highest BCUT2D eigenvalue weighted by Crippen LogP contribution is 2.29. The fraction of sp³-hybridized carbons (Fsp3) is 0.500. The van der Waals surface area contributed by atoms with E-state index >= 15 is 0 Å². The van der Waals surface area contributed by atoms with Gasteiger partial charge in [-0.1, -0.05) is 24.6 Å². The highest BCUT2D eigenvalue weighted by Gasteiger charge is 2.31. The Balaban J connectivity index is 2.98. The van der Waals surface area contributed by atoms with Gasteiger partial charge in [-0.2, -0.15) is 13.2 Å². The van der Waals surface area contributed by atoms with Gasteiger partial charge in [0, 0.05) is 6.54 Å². The molecular weight excluding hydrogens is 267 g/mol. The van der Waals surface area contributed by atoms with E-state index in [1.807, 2.05) is 0 Å². The number of halogens is 4. The van der Waals surface area contributed by atoms with Crippen LogP contribution in [-0.4, -0.2) is 24.4 Å². The number of benzene rings is 1. The van der Waals surface area contributed by atoms with Gasteiger partial charge in [-0.3, -0.25) is 0 Å². The summed E-state index contributed by atoms with van der Waals surface area (Å²) in [5.74, 6) is 0. The van der Waals surface area contributed by atoms with Crippen molar-refractivity contribution in [1.29, 1.82) is 0 Å². The zero-order chi connectivity index (χ0) is 13.8. The number of hydrogen-bond acceptors (Lipinski definition) is 2. The molecule has 1 aromatic carbocycles. The average molecular weight is 282 g/mol. The van der Waals surface area contributed by atoms with Gasteiger partial charge in [0.1, 0.15) is 6.54 Å². The molecule has 0 bridgehead atoms. The molecule has 0 unspecified atom stereocenters. The summed E-state index contributed by atoms with van der Waals surface area (Å²) < 4.78 is 37.4. The predicted octanol–water partition coefficient (Wildman–Crippen LogP) is 3.61. The molecular formula is C12H15ClF3NO. The van der Waals surface area contributed by atoms with E-state index in [-0.39, 0.29) is 18.2 Å². The zero-order valence-corrected chi connectivity index (χ0v) is 10.7. The fourth-order valence-corrected chi connectivity index (χ4v) is 2.00. The second kappa shape index (κ2) is 6.29. The van der Waals surface area contributed by atoms with Crippen molar-refractivity contribution in [3.05, 3.63) is 28.8 Å². The average Bonchev–Trinajstić information content (AvgIpc) is 2.26. The van der Waals surface area contributed by atoms with Gasteiger partial charge in [-0.15, -0.1) is 0 Å². The molecule has 18 heavy (non-hydrogen) atoms. The fourth-order valence-electron chi connectivity index (χ4n) is 1.68. The second-order valence-corrected chi connectivity index (χ2v) is 4.39. The van der Waals surface area contributed by atoms with E-state index in [1.165, 1.54) is 17.0 Å². The first-order valence-electron chi connectivity index (χ1n) is 5.58. The maximum atomic E-state index is 12.5. The quantitative estimate of drug-likeness (QED) is 0.891. The zero-order valence-electron chi connectivity index (χ0n) is 9.97. The Kier molecular flexibility index (Phi) is 5.28. The Morgan fingerprint density at radius 2 is 2.00 bits per heavy atom. The van der Waals surface area contributed by atoms with Crippen molar-refractivity contribution in [2.24, 2.45) is 0 Å². The van der Waals surface area contributed by atoms with Gasteiger partial charge in [0.25, 0.3) is 0 Å². The summed E-state index contributed by atoms with van der Waals surface area (Å²) in [6.45, 7) is 0.864. The topological polar surface area (TPSA) is 23.5 Å². The molecule has 0 aromatic heterocycles. The van der Waals surface area contributed by atoms with E-state index in [0.29, 0.717) is 17.7 Å². The molecule has 102 valence electrons. The molecule has 0 spiro atoms. The van der Waals surface area contributed by atoms with E-state index in [9.17, 15) is 13.2 Å². The lowest BCUT2D eigenvalue weighted by Crippen LogP contribution is -2.35. The van der Waals surface area contributed by atoms with Crippen molar-refractivity contribution in [3.8, 4) is 0 Å². The molecule has 0 heterocycles. The van der Waals surface area contributed by atoms with Crippen molar-refractivity contribution in [1.82, 2.24) is 0 Å². The van der Waals surface area contributed by atoms with Crippen molar-refractivity contribution in [2.75, 3.05) is 18.0 Å². The Labute approximate surface area is 109 Å². The Morgan fingerprint density at radius 3 is 2.44 bits per heavy atom. The van der Waals surface area contributed by atoms with Gasteiger partial charge < -0.3 is 10.0 Å². The predicted molar refractivity (Wildman–Crippen MR) is 65.9 cm³/mol. The van der Waals surface area contributed by atoms with Crippen LogP contribution in [0.25, 0.3) is 0 Å². The van der Waals surface area contributed by atoms with Crippen LogP contribution in [0, 0.1) is 0 Å². The minimum absolute atomic E-state index is 0.187. The summed E-state index contributed by atoms with van der Waals surface area (Å²) in [4.78, 5) is 1.20. The van der Waals surface area contributed by atoms with Gasteiger partial charge in [-0.05, 0) is 24.1 Å². The van der Waals surface area contributed by atoms with Crippen LogP contribution in [0.1, 0.15) is 18.9 Å². The molecule has 0 aliphatic heterocycles. The number of anilines is 1. The molecule has 0 radical (unpaired) electrons. The lowest BCUT2D eigenvalue weighted by molar-refractivity contribution is -0.119. The number of alkyl halides is 3. The molecule has 1 N–H and O–H groups in total. The van der Waals surface area contributed by atoms with Crippen LogP contribution >= 0.6 is 11.6 Å². The van der Waals surface area contributed by atoms with E-state index in [0.717, 1.165) is 0 Å². The minimum Gasteiger partial charge on any atom is -0.392 e. The summed E-state index contributed by atoms with van der Waals surface area (Å²) in [5.41, 5.74) is 0.917. The second-order valence-electron chi connectivity index (χ2n) is 3.98. The van der Waals surface area contributed by atoms with Gasteiger partial charge in [0.05, 0.1) is 17.3 Å². The van der Waals surface area contributed by atoms with Crippen LogP contribution in [-0.2, 0) is 6.61 Å². The van der Waals surface area contributed by atoms with Crippen LogP contribution in [0.5, 0.6) is 0 Å². The third-order valence-corrected chi connectivity index (χ3v) is 2.70. The van der Waals surface area contributed by atoms with Gasteiger partial charge in [0.15, 0.2) is 0 Å². The van der Waals surface area contributed by atoms with E-state index in [2.05, 4.69) is 0 Å². The standard InChI is InChI=1S/C12H15ClF3NO/c1-2-5-17(8-12(14,15)16)11-4-3-9(7-18)6-10(11)13/h3-4,6,18H,2,5,7-8H2,1H3. The Morgan fingerprint density at radius 1 is 1.33 bits per heavy atom. The van der Waals surface area contributed by atoms with Crippen LogP contribution in [0.15, 0.2) is 18.2 Å². The number of hydrogen-bond donors (Lipinski definition) is 1. The van der Waals surface area contributed by atoms with E-state index < -0.39 is 12.7 Å². The molecule has 0 saturated carbocycles. The summed E-state index contributed by atoms with van der Waals surface area (Å²) in [6, 6.07) is 4.56. The van der Waals surface area contributed by atoms with Crippen LogP contribution in [0.2, 0.25) is 5.02 Å². The molecule has 0 amide bonds. The number of nitrogens with zero attached hydrogens (tertiary/aromatic N) is 1. The first-order valence-corrected chi connectivity index (χ1v) is 5.96. The summed E-state index contributed by atoms with van der Waals surface area (Å²) in [5, 5.41) is 9.15. The van der Waals surface area contributed by atoms with Crippen molar-refractivity contribution in [2.45, 2.75) is 26.1 Å². The maximum Gasteiger partial charge on any atom is 0.405 e. The molecule has 2 nitrogen and oxygen atoms in total. The summed E-state index contributed by atoms with van der Waals surface area (Å²) >= 11 is 5.95. The van der Waals surface area contributed by atoms with Crippen molar-refractivity contribution in [3.63, 3.8) is 0 Å². The van der Waals surface area contributed by atoms with Gasteiger partial charge in [0.2, 0.25) is 0 Å². The van der Waals surface area contributed by atoms with Crippen molar-refractivity contribution >= 4 is 17.3 Å². The first kappa shape index (κ1) is 15.1. The molecule has 0 aliphatic carbocycles. The van der Waals surface area contributed by atoms with Crippen LogP contribution in [0.4, 0.5) is 18.9 Å². The molecule has 0 atom stereocenters. The number of rotatable bonds is 5. The van der Waals surface area contributed by atoms with Crippen molar-refractivity contribution < 1.29 is 18.3 Å². The first-order chi connectivity index (χ1) is 8.37. The monoisotopic (exact) mass is 281 g/mol. The van der Waals surface area contributed by atoms with E-state index in [4.69, 9.17) is 16.7 Å². The van der Waals surface area contributed by atoms with Crippen LogP contribution in [0.3, 0.4) is 0 Å².